The maximum absolute atomic E-state index is 12.3. The molecule has 1 fully saturated rings. The zero-order chi connectivity index (χ0) is 21.8. The molecule has 1 aliphatic rings. The second-order valence-electron chi connectivity index (χ2n) is 7.12. The Hall–Kier alpha value is -1.27. The van der Waals surface area contributed by atoms with Gasteiger partial charge in [0.2, 0.25) is 0 Å². The maximum atomic E-state index is 12.3. The number of nitrogens with one attached hydrogen (secondary N) is 1. The van der Waals surface area contributed by atoms with Crippen molar-refractivity contribution in [2.75, 3.05) is 46.6 Å². The Morgan fingerprint density at radius 3 is 2.61 bits per heavy atom. The van der Waals surface area contributed by atoms with Gasteiger partial charge in [0.15, 0.2) is 12.6 Å². The van der Waals surface area contributed by atoms with Crippen molar-refractivity contribution in [3.8, 4) is 5.75 Å². The Kier molecular flexibility index (Phi) is 13.2. The zero-order valence-corrected chi connectivity index (χ0v) is 20.4. The minimum atomic E-state index is -4.36. The summed E-state index contributed by atoms with van der Waals surface area (Å²) in [5.74, 6) is 0.994. The second-order valence-corrected chi connectivity index (χ2v) is 7.12. The van der Waals surface area contributed by atoms with Gasteiger partial charge in [0.25, 0.3) is 0 Å². The van der Waals surface area contributed by atoms with Crippen LogP contribution in [0.3, 0.4) is 0 Å². The number of ether oxygens (including phenoxy) is 3. The number of nitrogens with zero attached hydrogens (tertiary/aromatic N) is 2. The third-order valence-corrected chi connectivity index (χ3v) is 4.64. The van der Waals surface area contributed by atoms with Crippen molar-refractivity contribution >= 4 is 29.9 Å². The fourth-order valence-electron chi connectivity index (χ4n) is 3.18. The number of methoxy groups -OCH3 is 1. The SMILES string of the molecule is CCNC(=NCc1cccc(OCC(F)(F)F)c1)N1CCC(OCCCOC)CC1.I. The monoisotopic (exact) mass is 559 g/mol. The van der Waals surface area contributed by atoms with Crippen LogP contribution in [-0.4, -0.2) is 69.7 Å². The summed E-state index contributed by atoms with van der Waals surface area (Å²) in [4.78, 5) is 6.86. The minimum Gasteiger partial charge on any atom is -0.484 e. The van der Waals surface area contributed by atoms with Gasteiger partial charge >= 0.3 is 6.18 Å². The smallest absolute Gasteiger partial charge is 0.422 e. The van der Waals surface area contributed by atoms with E-state index in [4.69, 9.17) is 14.2 Å². The average Bonchev–Trinajstić information content (AvgIpc) is 2.73. The first-order chi connectivity index (χ1) is 14.4. The molecule has 1 N–H and O–H groups in total. The predicted octanol–water partition coefficient (Wildman–Crippen LogP) is 4.23. The molecule has 0 spiro atoms. The lowest BCUT2D eigenvalue weighted by Gasteiger charge is -2.34. The summed E-state index contributed by atoms with van der Waals surface area (Å²) in [6.07, 6.45) is -1.35. The van der Waals surface area contributed by atoms with Crippen molar-refractivity contribution in [1.29, 1.82) is 0 Å². The lowest BCUT2D eigenvalue weighted by Crippen LogP contribution is -2.47. The summed E-state index contributed by atoms with van der Waals surface area (Å²) in [5, 5.41) is 3.30. The molecule has 1 aromatic rings. The van der Waals surface area contributed by atoms with Gasteiger partial charge in [-0.3, -0.25) is 0 Å². The molecule has 0 saturated carbocycles. The van der Waals surface area contributed by atoms with E-state index in [0.717, 1.165) is 50.4 Å². The van der Waals surface area contributed by atoms with Gasteiger partial charge in [0.05, 0.1) is 12.6 Å². The number of rotatable bonds is 10. The number of alkyl halides is 3. The van der Waals surface area contributed by atoms with E-state index in [9.17, 15) is 13.2 Å². The van der Waals surface area contributed by atoms with Crippen LogP contribution in [-0.2, 0) is 16.0 Å². The molecule has 0 radical (unpaired) electrons. The standard InChI is InChI=1S/C21H32F3N3O3.HI/c1-3-25-20(27-10-8-18(9-11-27)29-13-5-12-28-2)26-15-17-6-4-7-19(14-17)30-16-21(22,23)24;/h4,6-7,14,18H,3,5,8-13,15-16H2,1-2H3,(H,25,26);1H. The molecular weight excluding hydrogens is 526 g/mol. The molecule has 0 atom stereocenters. The van der Waals surface area contributed by atoms with Gasteiger partial charge in [0.1, 0.15) is 5.75 Å². The zero-order valence-electron chi connectivity index (χ0n) is 18.1. The number of hydrogen-bond donors (Lipinski definition) is 1. The fourth-order valence-corrected chi connectivity index (χ4v) is 3.18. The van der Waals surface area contributed by atoms with E-state index in [1.807, 2.05) is 13.0 Å². The first kappa shape index (κ1) is 27.8. The molecular formula is C21H33F3IN3O3. The normalized spacial score (nSPS) is 15.5. The van der Waals surface area contributed by atoms with Gasteiger partial charge in [-0.05, 0) is 43.9 Å². The third-order valence-electron chi connectivity index (χ3n) is 4.64. The van der Waals surface area contributed by atoms with Gasteiger partial charge < -0.3 is 24.4 Å². The van der Waals surface area contributed by atoms with Crippen molar-refractivity contribution < 1.29 is 27.4 Å². The van der Waals surface area contributed by atoms with Crippen LogP contribution < -0.4 is 10.1 Å². The van der Waals surface area contributed by atoms with E-state index < -0.39 is 12.8 Å². The van der Waals surface area contributed by atoms with Crippen LogP contribution in [0, 0.1) is 0 Å². The number of likely N-dealkylation sites (tertiary alicyclic amines) is 1. The van der Waals surface area contributed by atoms with E-state index in [1.165, 1.54) is 6.07 Å². The molecule has 0 amide bonds. The van der Waals surface area contributed by atoms with Crippen LogP contribution in [0.1, 0.15) is 31.7 Å². The van der Waals surface area contributed by atoms with Crippen molar-refractivity contribution in [3.05, 3.63) is 29.8 Å². The number of guanidine groups is 1. The molecule has 1 aromatic carbocycles. The van der Waals surface area contributed by atoms with E-state index in [0.29, 0.717) is 19.8 Å². The van der Waals surface area contributed by atoms with E-state index >= 15 is 0 Å². The molecule has 10 heteroatoms. The van der Waals surface area contributed by atoms with Crippen LogP contribution in [0.2, 0.25) is 0 Å². The summed E-state index contributed by atoms with van der Waals surface area (Å²) < 4.78 is 52.8. The van der Waals surface area contributed by atoms with Crippen molar-refractivity contribution in [3.63, 3.8) is 0 Å². The number of piperidine rings is 1. The van der Waals surface area contributed by atoms with Crippen molar-refractivity contribution in [2.24, 2.45) is 4.99 Å². The minimum absolute atomic E-state index is 0. The maximum Gasteiger partial charge on any atom is 0.422 e. The summed E-state index contributed by atoms with van der Waals surface area (Å²) in [7, 11) is 1.69. The first-order valence-corrected chi connectivity index (χ1v) is 10.3. The third kappa shape index (κ3) is 11.2. The highest BCUT2D eigenvalue weighted by molar-refractivity contribution is 14.0. The molecule has 1 heterocycles. The van der Waals surface area contributed by atoms with Gasteiger partial charge in [-0.1, -0.05) is 12.1 Å². The van der Waals surface area contributed by atoms with Gasteiger partial charge in [0, 0.05) is 40.0 Å². The summed E-state index contributed by atoms with van der Waals surface area (Å²) in [5.41, 5.74) is 0.793. The molecule has 0 bridgehead atoms. The van der Waals surface area contributed by atoms with Crippen molar-refractivity contribution in [2.45, 2.75) is 45.0 Å². The molecule has 2 rings (SSSR count). The predicted molar refractivity (Wildman–Crippen MR) is 125 cm³/mol. The Bertz CT molecular complexity index is 654. The first-order valence-electron chi connectivity index (χ1n) is 10.3. The highest BCUT2D eigenvalue weighted by Crippen LogP contribution is 2.20. The van der Waals surface area contributed by atoms with Crippen LogP contribution >= 0.6 is 24.0 Å². The quantitative estimate of drug-likeness (QED) is 0.201. The lowest BCUT2D eigenvalue weighted by atomic mass is 10.1. The lowest BCUT2D eigenvalue weighted by molar-refractivity contribution is -0.153. The topological polar surface area (TPSA) is 55.3 Å². The van der Waals surface area contributed by atoms with Crippen LogP contribution in [0.5, 0.6) is 5.75 Å². The van der Waals surface area contributed by atoms with E-state index in [-0.39, 0.29) is 35.8 Å². The average molecular weight is 559 g/mol. The summed E-state index contributed by atoms with van der Waals surface area (Å²) in [6.45, 7) is 4.90. The molecule has 31 heavy (non-hydrogen) atoms. The second kappa shape index (κ2) is 14.7. The van der Waals surface area contributed by atoms with Crippen LogP contribution in [0.15, 0.2) is 29.3 Å². The molecule has 0 aromatic heterocycles. The molecule has 0 aliphatic carbocycles. The van der Waals surface area contributed by atoms with Gasteiger partial charge in [-0.25, -0.2) is 4.99 Å². The van der Waals surface area contributed by atoms with E-state index in [2.05, 4.69) is 15.2 Å². The summed E-state index contributed by atoms with van der Waals surface area (Å²) >= 11 is 0. The van der Waals surface area contributed by atoms with E-state index in [1.54, 1.807) is 19.2 Å². The van der Waals surface area contributed by atoms with Crippen LogP contribution in [0.4, 0.5) is 13.2 Å². The summed E-state index contributed by atoms with van der Waals surface area (Å²) in [6, 6.07) is 6.62. The highest BCUT2D eigenvalue weighted by atomic mass is 127. The largest absolute Gasteiger partial charge is 0.484 e. The Morgan fingerprint density at radius 1 is 1.23 bits per heavy atom. The molecule has 0 unspecified atom stereocenters. The molecule has 178 valence electrons. The number of hydrogen-bond acceptors (Lipinski definition) is 4. The highest BCUT2D eigenvalue weighted by Gasteiger charge is 2.28. The molecule has 6 nitrogen and oxygen atoms in total. The van der Waals surface area contributed by atoms with Gasteiger partial charge in [-0.2, -0.15) is 13.2 Å². The Morgan fingerprint density at radius 2 is 1.97 bits per heavy atom. The Balaban J connectivity index is 0.00000480. The molecule has 1 saturated heterocycles. The van der Waals surface area contributed by atoms with Gasteiger partial charge in [-0.15, -0.1) is 24.0 Å². The Labute approximate surface area is 199 Å². The van der Waals surface area contributed by atoms with Crippen LogP contribution in [0.25, 0.3) is 0 Å². The van der Waals surface area contributed by atoms with Crippen molar-refractivity contribution in [1.82, 2.24) is 10.2 Å². The number of benzene rings is 1. The fraction of sp³-hybridized carbons (Fsp3) is 0.667. The number of aliphatic imine (C=N–C) groups is 1. The number of halogens is 4. The molecule has 1 aliphatic heterocycles.